The Labute approximate surface area is 124 Å². The molecule has 1 N–H and O–H groups in total. The van der Waals surface area contributed by atoms with Crippen LogP contribution in [0.25, 0.3) is 0 Å². The fraction of sp³-hybridized carbons (Fsp3) is 0.538. The molecule has 5 nitrogen and oxygen atoms in total. The largest absolute Gasteiger partial charge is 0.390 e. The van der Waals surface area contributed by atoms with Gasteiger partial charge in [-0.3, -0.25) is 15.0 Å². The van der Waals surface area contributed by atoms with E-state index in [1.807, 2.05) is 0 Å². The fourth-order valence-corrected chi connectivity index (χ4v) is 2.61. The topological polar surface area (TPSA) is 58.4 Å². The van der Waals surface area contributed by atoms with Gasteiger partial charge < -0.3 is 5.32 Å². The van der Waals surface area contributed by atoms with Crippen LogP contribution in [0.2, 0.25) is 0 Å². The minimum atomic E-state index is -4.50. The van der Waals surface area contributed by atoms with Crippen LogP contribution in [0.3, 0.4) is 0 Å². The van der Waals surface area contributed by atoms with Crippen LogP contribution in [0.15, 0.2) is 18.2 Å². The second-order valence-electron chi connectivity index (χ2n) is 5.08. The van der Waals surface area contributed by atoms with Crippen molar-refractivity contribution in [3.63, 3.8) is 0 Å². The highest BCUT2D eigenvalue weighted by Gasteiger charge is 2.38. The van der Waals surface area contributed by atoms with E-state index in [0.29, 0.717) is 26.2 Å². The Morgan fingerprint density at radius 2 is 1.95 bits per heavy atom. The standard InChI is InChI=1S/C13H15F4N3O2/c14-9-1-2-11(20(21)22)10(7-9)12(8-13(15,16)17)19-5-3-18-4-6-19/h1-2,7,12,18H,3-6,8H2/t12-/m1/s1. The Bertz CT molecular complexity index is 545. The van der Waals surface area contributed by atoms with Crippen LogP contribution in [0, 0.1) is 15.9 Å². The Morgan fingerprint density at radius 1 is 1.32 bits per heavy atom. The third-order valence-electron chi connectivity index (χ3n) is 3.56. The molecule has 0 unspecified atom stereocenters. The average Bonchev–Trinajstić information content (AvgIpc) is 2.44. The van der Waals surface area contributed by atoms with Gasteiger partial charge in [0.2, 0.25) is 0 Å². The normalized spacial score (nSPS) is 18.2. The number of hydrogen-bond acceptors (Lipinski definition) is 4. The van der Waals surface area contributed by atoms with E-state index in [4.69, 9.17) is 0 Å². The Morgan fingerprint density at radius 3 is 2.50 bits per heavy atom. The molecule has 1 aliphatic rings. The molecule has 0 amide bonds. The zero-order valence-corrected chi connectivity index (χ0v) is 11.6. The molecular formula is C13H15F4N3O2. The van der Waals surface area contributed by atoms with Crippen LogP contribution in [-0.2, 0) is 0 Å². The van der Waals surface area contributed by atoms with Crippen molar-refractivity contribution in [2.45, 2.75) is 18.6 Å². The maximum absolute atomic E-state index is 13.4. The second kappa shape index (κ2) is 6.57. The predicted molar refractivity (Wildman–Crippen MR) is 70.9 cm³/mol. The van der Waals surface area contributed by atoms with Gasteiger partial charge in [0.25, 0.3) is 5.69 Å². The van der Waals surface area contributed by atoms with Crippen molar-refractivity contribution >= 4 is 5.69 Å². The molecule has 0 radical (unpaired) electrons. The number of hydrogen-bond donors (Lipinski definition) is 1. The first-order valence-electron chi connectivity index (χ1n) is 6.73. The van der Waals surface area contributed by atoms with Crippen LogP contribution in [0.1, 0.15) is 18.0 Å². The highest BCUT2D eigenvalue weighted by Crippen LogP contribution is 2.38. The second-order valence-corrected chi connectivity index (χ2v) is 5.08. The van der Waals surface area contributed by atoms with E-state index in [-0.39, 0.29) is 5.56 Å². The monoisotopic (exact) mass is 321 g/mol. The maximum Gasteiger partial charge on any atom is 0.390 e. The zero-order chi connectivity index (χ0) is 16.3. The quantitative estimate of drug-likeness (QED) is 0.526. The number of piperazine rings is 1. The van der Waals surface area contributed by atoms with Crippen LogP contribution in [-0.4, -0.2) is 42.2 Å². The average molecular weight is 321 g/mol. The molecule has 0 aliphatic carbocycles. The van der Waals surface area contributed by atoms with Crippen molar-refractivity contribution in [1.29, 1.82) is 0 Å². The van der Waals surface area contributed by atoms with Gasteiger partial charge in [-0.05, 0) is 12.1 Å². The maximum atomic E-state index is 13.4. The van der Waals surface area contributed by atoms with E-state index in [1.165, 1.54) is 4.90 Å². The number of halogens is 4. The molecular weight excluding hydrogens is 306 g/mol. The van der Waals surface area contributed by atoms with Crippen molar-refractivity contribution in [3.05, 3.63) is 39.7 Å². The number of nitrogens with zero attached hydrogens (tertiary/aromatic N) is 2. The summed E-state index contributed by atoms with van der Waals surface area (Å²) < 4.78 is 52.1. The van der Waals surface area contributed by atoms with Crippen molar-refractivity contribution in [3.8, 4) is 0 Å². The van der Waals surface area contributed by atoms with Gasteiger partial charge in [-0.25, -0.2) is 4.39 Å². The third kappa shape index (κ3) is 4.14. The molecule has 1 atom stereocenters. The van der Waals surface area contributed by atoms with E-state index < -0.39 is 35.1 Å². The molecule has 1 aliphatic heterocycles. The summed E-state index contributed by atoms with van der Waals surface area (Å²) in [5.41, 5.74) is -0.724. The minimum absolute atomic E-state index is 0.232. The van der Waals surface area contributed by atoms with Crippen LogP contribution in [0.5, 0.6) is 0 Å². The number of benzene rings is 1. The summed E-state index contributed by atoms with van der Waals surface area (Å²) in [6.45, 7) is 1.60. The summed E-state index contributed by atoms with van der Waals surface area (Å²) in [5, 5.41) is 14.1. The van der Waals surface area contributed by atoms with E-state index in [9.17, 15) is 27.7 Å². The molecule has 1 fully saturated rings. The van der Waals surface area contributed by atoms with Gasteiger partial charge in [-0.2, -0.15) is 13.2 Å². The van der Waals surface area contributed by atoms with E-state index in [1.54, 1.807) is 0 Å². The summed E-state index contributed by atoms with van der Waals surface area (Å²) in [6, 6.07) is 1.36. The lowest BCUT2D eigenvalue weighted by molar-refractivity contribution is -0.386. The molecule has 22 heavy (non-hydrogen) atoms. The van der Waals surface area contributed by atoms with E-state index >= 15 is 0 Å². The van der Waals surface area contributed by atoms with Crippen LogP contribution in [0.4, 0.5) is 23.2 Å². The molecule has 0 aromatic heterocycles. The molecule has 2 rings (SSSR count). The van der Waals surface area contributed by atoms with Crippen LogP contribution < -0.4 is 5.32 Å². The molecule has 1 heterocycles. The highest BCUT2D eigenvalue weighted by molar-refractivity contribution is 5.42. The van der Waals surface area contributed by atoms with Crippen molar-refractivity contribution in [2.24, 2.45) is 0 Å². The molecule has 0 saturated carbocycles. The summed E-state index contributed by atoms with van der Waals surface area (Å²) >= 11 is 0. The smallest absolute Gasteiger partial charge is 0.314 e. The SMILES string of the molecule is O=[N+]([O-])c1ccc(F)cc1[C@@H](CC(F)(F)F)N1CCNCC1. The van der Waals surface area contributed by atoms with Crippen molar-refractivity contribution < 1.29 is 22.5 Å². The van der Waals surface area contributed by atoms with Gasteiger partial charge in [0, 0.05) is 32.2 Å². The van der Waals surface area contributed by atoms with Gasteiger partial charge in [-0.15, -0.1) is 0 Å². The van der Waals surface area contributed by atoms with Gasteiger partial charge in [0.05, 0.1) is 22.9 Å². The Balaban J connectivity index is 2.43. The van der Waals surface area contributed by atoms with Gasteiger partial charge in [0.1, 0.15) is 5.82 Å². The number of nitrogens with one attached hydrogen (secondary N) is 1. The Hall–Kier alpha value is -1.74. The van der Waals surface area contributed by atoms with Crippen LogP contribution >= 0.6 is 0 Å². The zero-order valence-electron chi connectivity index (χ0n) is 11.6. The molecule has 1 aromatic rings. The lowest BCUT2D eigenvalue weighted by Crippen LogP contribution is -2.46. The van der Waals surface area contributed by atoms with E-state index in [0.717, 1.165) is 18.2 Å². The first-order chi connectivity index (χ1) is 10.3. The predicted octanol–water partition coefficient (Wildman–Crippen LogP) is 2.63. The lowest BCUT2D eigenvalue weighted by Gasteiger charge is -2.35. The summed E-state index contributed by atoms with van der Waals surface area (Å²) in [7, 11) is 0. The van der Waals surface area contributed by atoms with E-state index in [2.05, 4.69) is 5.32 Å². The van der Waals surface area contributed by atoms with Crippen molar-refractivity contribution in [2.75, 3.05) is 26.2 Å². The van der Waals surface area contributed by atoms with Crippen molar-refractivity contribution in [1.82, 2.24) is 10.2 Å². The van der Waals surface area contributed by atoms with Gasteiger partial charge >= 0.3 is 6.18 Å². The number of alkyl halides is 3. The fourth-order valence-electron chi connectivity index (χ4n) is 2.61. The molecule has 9 heteroatoms. The molecule has 1 aromatic carbocycles. The molecule has 0 spiro atoms. The molecule has 122 valence electrons. The highest BCUT2D eigenvalue weighted by atomic mass is 19.4. The first-order valence-corrected chi connectivity index (χ1v) is 6.73. The van der Waals surface area contributed by atoms with Gasteiger partial charge in [-0.1, -0.05) is 0 Å². The Kier molecular flexibility index (Phi) is 4.97. The summed E-state index contributed by atoms with van der Waals surface area (Å²) in [6.07, 6.45) is -5.76. The first kappa shape index (κ1) is 16.6. The lowest BCUT2D eigenvalue weighted by atomic mass is 9.98. The third-order valence-corrected chi connectivity index (χ3v) is 3.56. The molecule has 0 bridgehead atoms. The summed E-state index contributed by atoms with van der Waals surface area (Å²) in [4.78, 5) is 11.8. The number of nitro groups is 1. The number of rotatable bonds is 4. The summed E-state index contributed by atoms with van der Waals surface area (Å²) in [5.74, 6) is -0.789. The minimum Gasteiger partial charge on any atom is -0.314 e. The van der Waals surface area contributed by atoms with Gasteiger partial charge in [0.15, 0.2) is 0 Å². The molecule has 1 saturated heterocycles. The number of nitro benzene ring substituents is 1.